The van der Waals surface area contributed by atoms with Gasteiger partial charge in [0.1, 0.15) is 0 Å². The lowest BCUT2D eigenvalue weighted by molar-refractivity contribution is 0.146. The van der Waals surface area contributed by atoms with Crippen molar-refractivity contribution in [3.05, 3.63) is 0 Å². The number of ether oxygens (including phenoxy) is 2. The van der Waals surface area contributed by atoms with E-state index in [4.69, 9.17) is 9.47 Å². The van der Waals surface area contributed by atoms with Gasteiger partial charge in [0, 0.05) is 53.0 Å². The Morgan fingerprint density at radius 3 is 2.48 bits per heavy atom. The van der Waals surface area contributed by atoms with Crippen LogP contribution < -0.4 is 16.0 Å². The molecule has 0 aromatic heterocycles. The third kappa shape index (κ3) is 17.0. The Bertz CT molecular complexity index is 397. The summed E-state index contributed by atoms with van der Waals surface area (Å²) in [5.41, 5.74) is 0. The number of hydrogen-bond acceptors (Lipinski definition) is 5. The molecule has 1 unspecified atom stereocenters. The monoisotopic (exact) mass is 501 g/mol. The van der Waals surface area contributed by atoms with Crippen molar-refractivity contribution in [1.82, 2.24) is 20.9 Å². The number of amides is 1. The lowest BCUT2D eigenvalue weighted by Gasteiger charge is -2.22. The molecule has 0 aromatic carbocycles. The lowest BCUT2D eigenvalue weighted by Crippen LogP contribution is -2.48. The molecule has 0 aliphatic heterocycles. The highest BCUT2D eigenvalue weighted by Crippen LogP contribution is 2.04. The predicted octanol–water partition coefficient (Wildman–Crippen LogP) is 1.90. The van der Waals surface area contributed by atoms with Crippen molar-refractivity contribution in [2.75, 3.05) is 60.6 Å². The van der Waals surface area contributed by atoms with Gasteiger partial charge < -0.3 is 30.3 Å². The van der Waals surface area contributed by atoms with E-state index in [1.54, 1.807) is 21.1 Å². The largest absolute Gasteiger partial charge is 0.450 e. The van der Waals surface area contributed by atoms with E-state index >= 15 is 0 Å². The van der Waals surface area contributed by atoms with Crippen LogP contribution >= 0.6 is 24.0 Å². The number of aliphatic imine (C=N–C) groups is 1. The number of halogens is 1. The molecule has 0 rings (SSSR count). The molecule has 0 spiro atoms. The highest BCUT2D eigenvalue weighted by molar-refractivity contribution is 14.0. The number of guanidine groups is 1. The molecule has 0 radical (unpaired) electrons. The van der Waals surface area contributed by atoms with E-state index in [-0.39, 0.29) is 36.1 Å². The average Bonchev–Trinajstić information content (AvgIpc) is 2.57. The Balaban J connectivity index is 0. The van der Waals surface area contributed by atoms with Gasteiger partial charge in [-0.15, -0.1) is 24.0 Å². The number of alkyl carbamates (subject to hydrolysis) is 1. The van der Waals surface area contributed by atoms with Crippen molar-refractivity contribution in [3.8, 4) is 0 Å². The number of rotatable bonds is 13. The fraction of sp³-hybridized carbons (Fsp3) is 0.889. The van der Waals surface area contributed by atoms with Crippen LogP contribution in [0.3, 0.4) is 0 Å². The second kappa shape index (κ2) is 18.5. The summed E-state index contributed by atoms with van der Waals surface area (Å²) in [5.74, 6) is 1.20. The second-order valence-corrected chi connectivity index (χ2v) is 6.72. The van der Waals surface area contributed by atoms with Crippen LogP contribution in [0.15, 0.2) is 4.99 Å². The highest BCUT2D eigenvalue weighted by Gasteiger charge is 2.15. The Labute approximate surface area is 182 Å². The Kier molecular flexibility index (Phi) is 19.5. The van der Waals surface area contributed by atoms with Gasteiger partial charge in [-0.2, -0.15) is 0 Å². The Hall–Kier alpha value is -0.810. The summed E-state index contributed by atoms with van der Waals surface area (Å²) in [4.78, 5) is 18.2. The number of hydrogen-bond donors (Lipinski definition) is 3. The maximum atomic E-state index is 11.7. The molecule has 0 saturated carbocycles. The molecule has 3 N–H and O–H groups in total. The molecule has 0 aliphatic rings. The topological polar surface area (TPSA) is 87.2 Å². The van der Waals surface area contributed by atoms with Gasteiger partial charge in [0.25, 0.3) is 0 Å². The summed E-state index contributed by atoms with van der Waals surface area (Å²) in [6.45, 7) is 10.5. The number of carbonyl (C=O) groups is 1. The molecule has 0 aromatic rings. The van der Waals surface area contributed by atoms with Crippen LogP contribution in [0.4, 0.5) is 4.79 Å². The number of likely N-dealkylation sites (N-methyl/N-ethyl adjacent to an activating group) is 1. The zero-order chi connectivity index (χ0) is 19.8. The van der Waals surface area contributed by atoms with E-state index in [2.05, 4.69) is 46.7 Å². The third-order valence-corrected chi connectivity index (χ3v) is 3.77. The second-order valence-electron chi connectivity index (χ2n) is 6.72. The van der Waals surface area contributed by atoms with E-state index < -0.39 is 0 Å². The molecule has 0 saturated heterocycles. The van der Waals surface area contributed by atoms with Gasteiger partial charge in [-0.1, -0.05) is 13.8 Å². The number of carbonyl (C=O) groups excluding carboxylic acids is 1. The molecule has 0 heterocycles. The molecular formula is C18H40IN5O3. The zero-order valence-electron chi connectivity index (χ0n) is 17.8. The number of methoxy groups -OCH3 is 1. The van der Waals surface area contributed by atoms with Crippen molar-refractivity contribution in [3.63, 3.8) is 0 Å². The van der Waals surface area contributed by atoms with Gasteiger partial charge in [-0.25, -0.2) is 4.79 Å². The number of nitrogens with one attached hydrogen (secondary N) is 3. The fourth-order valence-electron chi connectivity index (χ4n) is 2.50. The molecule has 1 atom stereocenters. The van der Waals surface area contributed by atoms with Gasteiger partial charge in [-0.05, 0) is 32.7 Å². The SMILES string of the molecule is CCOC(=O)NC(CNC(=NC)NCCN(C)CCCOC)CC(C)C.I. The molecule has 1 amide bonds. The average molecular weight is 501 g/mol. The van der Waals surface area contributed by atoms with Crippen LogP contribution in [0.25, 0.3) is 0 Å². The summed E-state index contributed by atoms with van der Waals surface area (Å²) in [6.07, 6.45) is 1.52. The van der Waals surface area contributed by atoms with E-state index in [1.807, 2.05) is 0 Å². The van der Waals surface area contributed by atoms with Crippen molar-refractivity contribution in [2.24, 2.45) is 10.9 Å². The minimum atomic E-state index is -0.374. The predicted molar refractivity (Wildman–Crippen MR) is 122 cm³/mol. The minimum Gasteiger partial charge on any atom is -0.450 e. The normalized spacial score (nSPS) is 12.5. The molecule has 162 valence electrons. The van der Waals surface area contributed by atoms with Crippen LogP contribution in [0.1, 0.15) is 33.6 Å². The summed E-state index contributed by atoms with van der Waals surface area (Å²) < 4.78 is 10.0. The van der Waals surface area contributed by atoms with Crippen LogP contribution in [0, 0.1) is 5.92 Å². The van der Waals surface area contributed by atoms with Crippen LogP contribution in [0.2, 0.25) is 0 Å². The summed E-state index contributed by atoms with van der Waals surface area (Å²) >= 11 is 0. The quantitative estimate of drug-likeness (QED) is 0.155. The Morgan fingerprint density at radius 2 is 1.93 bits per heavy atom. The van der Waals surface area contributed by atoms with Crippen LogP contribution in [-0.2, 0) is 9.47 Å². The molecule has 0 aliphatic carbocycles. The third-order valence-electron chi connectivity index (χ3n) is 3.77. The Morgan fingerprint density at radius 1 is 1.22 bits per heavy atom. The van der Waals surface area contributed by atoms with Crippen molar-refractivity contribution in [2.45, 2.75) is 39.7 Å². The van der Waals surface area contributed by atoms with Gasteiger partial charge in [0.2, 0.25) is 0 Å². The maximum Gasteiger partial charge on any atom is 0.407 e. The fourth-order valence-corrected chi connectivity index (χ4v) is 2.50. The first-order valence-corrected chi connectivity index (χ1v) is 9.48. The van der Waals surface area contributed by atoms with Gasteiger partial charge >= 0.3 is 6.09 Å². The molecule has 9 heteroatoms. The van der Waals surface area contributed by atoms with Crippen LogP contribution in [0.5, 0.6) is 0 Å². The first-order valence-electron chi connectivity index (χ1n) is 9.48. The zero-order valence-corrected chi connectivity index (χ0v) is 20.2. The molecule has 0 bridgehead atoms. The van der Waals surface area contributed by atoms with Gasteiger partial charge in [-0.3, -0.25) is 4.99 Å². The van der Waals surface area contributed by atoms with E-state index in [0.717, 1.165) is 45.0 Å². The van der Waals surface area contributed by atoms with E-state index in [1.165, 1.54) is 0 Å². The van der Waals surface area contributed by atoms with E-state index in [9.17, 15) is 4.79 Å². The number of nitrogens with zero attached hydrogens (tertiary/aromatic N) is 2. The van der Waals surface area contributed by atoms with Crippen LogP contribution in [-0.4, -0.2) is 83.6 Å². The lowest BCUT2D eigenvalue weighted by atomic mass is 10.0. The summed E-state index contributed by atoms with van der Waals surface area (Å²) in [5, 5.41) is 9.48. The molecule has 8 nitrogen and oxygen atoms in total. The standard InChI is InChI=1S/C18H39N5O3.HI/c1-7-26-18(24)22-16(13-15(2)3)14-21-17(19-4)20-9-11-23(5)10-8-12-25-6;/h15-16H,7-14H2,1-6H3,(H,22,24)(H2,19,20,21);1H. The smallest absolute Gasteiger partial charge is 0.407 e. The molecular weight excluding hydrogens is 461 g/mol. The minimum absolute atomic E-state index is 0. The summed E-state index contributed by atoms with van der Waals surface area (Å²) in [7, 11) is 5.56. The molecule has 27 heavy (non-hydrogen) atoms. The van der Waals surface area contributed by atoms with Crippen molar-refractivity contribution in [1.29, 1.82) is 0 Å². The van der Waals surface area contributed by atoms with E-state index in [0.29, 0.717) is 19.1 Å². The summed E-state index contributed by atoms with van der Waals surface area (Å²) in [6, 6.07) is -0.00989. The van der Waals surface area contributed by atoms with Gasteiger partial charge in [0.05, 0.1) is 6.61 Å². The van der Waals surface area contributed by atoms with Crippen molar-refractivity contribution >= 4 is 36.0 Å². The van der Waals surface area contributed by atoms with Gasteiger partial charge in [0.15, 0.2) is 5.96 Å². The first kappa shape index (κ1) is 28.4. The highest BCUT2D eigenvalue weighted by atomic mass is 127. The van der Waals surface area contributed by atoms with Crippen molar-refractivity contribution < 1.29 is 14.3 Å². The first-order chi connectivity index (χ1) is 12.4. The maximum absolute atomic E-state index is 11.7. The molecule has 0 fully saturated rings.